The zero-order chi connectivity index (χ0) is 22.8. The van der Waals surface area contributed by atoms with Crippen LogP contribution in [0.15, 0.2) is 53.4 Å². The van der Waals surface area contributed by atoms with Crippen LogP contribution in [0.5, 0.6) is 0 Å². The van der Waals surface area contributed by atoms with Crippen molar-refractivity contribution in [3.05, 3.63) is 59.7 Å². The number of ether oxygens (including phenoxy) is 1. The predicted octanol–water partition coefficient (Wildman–Crippen LogP) is 3.38. The zero-order valence-electron chi connectivity index (χ0n) is 18.2. The highest BCUT2D eigenvalue weighted by Crippen LogP contribution is 2.49. The minimum absolute atomic E-state index is 0.190. The number of rotatable bonds is 7. The van der Waals surface area contributed by atoms with Crippen LogP contribution < -0.4 is 5.32 Å². The molecule has 1 amide bonds. The molecule has 0 aromatic heterocycles. The average molecular weight is 457 g/mol. The minimum atomic E-state index is -3.62. The third kappa shape index (κ3) is 4.56. The lowest BCUT2D eigenvalue weighted by molar-refractivity contribution is -0.150. The number of hydrogen-bond acceptors (Lipinski definition) is 5. The van der Waals surface area contributed by atoms with E-state index in [0.29, 0.717) is 37.2 Å². The zero-order valence-corrected chi connectivity index (χ0v) is 19.0. The fourth-order valence-electron chi connectivity index (χ4n) is 4.16. The van der Waals surface area contributed by atoms with Gasteiger partial charge in [-0.15, -0.1) is 0 Å². The molecule has 2 aliphatic rings. The van der Waals surface area contributed by atoms with Gasteiger partial charge in [-0.25, -0.2) is 8.42 Å². The summed E-state index contributed by atoms with van der Waals surface area (Å²) in [5.41, 5.74) is 1.23. The molecule has 0 radical (unpaired) electrons. The Morgan fingerprint density at radius 3 is 2.38 bits per heavy atom. The highest BCUT2D eigenvalue weighted by Gasteiger charge is 2.52. The molecule has 1 heterocycles. The van der Waals surface area contributed by atoms with Gasteiger partial charge in [-0.05, 0) is 55.9 Å². The molecule has 4 rings (SSSR count). The van der Waals surface area contributed by atoms with Crippen LogP contribution in [0.1, 0.15) is 43.2 Å². The molecule has 2 fully saturated rings. The topological polar surface area (TPSA) is 92.8 Å². The number of nitrogens with zero attached hydrogens (tertiary/aromatic N) is 1. The first-order chi connectivity index (χ1) is 15.3. The molecule has 7 nitrogen and oxygen atoms in total. The smallest absolute Gasteiger partial charge is 0.317 e. The summed E-state index contributed by atoms with van der Waals surface area (Å²) in [6.07, 6.45) is 4.14. The van der Waals surface area contributed by atoms with Crippen molar-refractivity contribution >= 4 is 27.6 Å². The lowest BCUT2D eigenvalue weighted by Gasteiger charge is -2.26. The van der Waals surface area contributed by atoms with E-state index in [0.717, 1.165) is 24.8 Å². The van der Waals surface area contributed by atoms with E-state index in [2.05, 4.69) is 5.32 Å². The van der Waals surface area contributed by atoms with Gasteiger partial charge in [-0.2, -0.15) is 4.31 Å². The van der Waals surface area contributed by atoms with E-state index in [-0.39, 0.29) is 4.90 Å². The van der Waals surface area contributed by atoms with Crippen molar-refractivity contribution < 1.29 is 22.7 Å². The number of anilines is 1. The molecule has 170 valence electrons. The standard InChI is InChI=1S/C24H28N2O5S/c1-18-10-11-20(16-21(18)32(29,30)26-14-6-3-7-15-26)25-22(27)17-31-23(28)24(12-13-24)19-8-4-2-5-9-19/h2,4-5,8-11,16H,3,6-7,12-15,17H2,1H3,(H,25,27). The number of amides is 1. The maximum Gasteiger partial charge on any atom is 0.317 e. The summed E-state index contributed by atoms with van der Waals surface area (Å²) in [6.45, 7) is 2.34. The van der Waals surface area contributed by atoms with Gasteiger partial charge in [0.2, 0.25) is 10.0 Å². The van der Waals surface area contributed by atoms with E-state index < -0.39 is 33.9 Å². The highest BCUT2D eigenvalue weighted by atomic mass is 32.2. The van der Waals surface area contributed by atoms with Crippen molar-refractivity contribution in [3.8, 4) is 0 Å². The van der Waals surface area contributed by atoms with E-state index in [1.165, 1.54) is 10.4 Å². The highest BCUT2D eigenvalue weighted by molar-refractivity contribution is 7.89. The second-order valence-electron chi connectivity index (χ2n) is 8.52. The van der Waals surface area contributed by atoms with Crippen LogP contribution in [0, 0.1) is 6.92 Å². The van der Waals surface area contributed by atoms with Crippen LogP contribution >= 0.6 is 0 Å². The average Bonchev–Trinajstić information content (AvgIpc) is 3.62. The van der Waals surface area contributed by atoms with E-state index in [1.807, 2.05) is 30.3 Å². The molecule has 8 heteroatoms. The Morgan fingerprint density at radius 1 is 1.03 bits per heavy atom. The van der Waals surface area contributed by atoms with E-state index in [1.54, 1.807) is 19.1 Å². The molecular weight excluding hydrogens is 428 g/mol. The Labute approximate surface area is 188 Å². The van der Waals surface area contributed by atoms with Crippen molar-refractivity contribution in [2.24, 2.45) is 0 Å². The largest absolute Gasteiger partial charge is 0.455 e. The first kappa shape index (κ1) is 22.5. The normalized spacial score (nSPS) is 18.0. The third-order valence-corrected chi connectivity index (χ3v) is 8.25. The summed E-state index contributed by atoms with van der Waals surface area (Å²) < 4.78 is 32.9. The number of esters is 1. The summed E-state index contributed by atoms with van der Waals surface area (Å²) in [5.74, 6) is -0.913. The van der Waals surface area contributed by atoms with Gasteiger partial charge in [0.15, 0.2) is 6.61 Å². The molecule has 1 N–H and O–H groups in total. The molecule has 1 saturated carbocycles. The molecule has 1 aliphatic heterocycles. The molecule has 1 saturated heterocycles. The Bertz CT molecular complexity index is 1100. The maximum atomic E-state index is 13.1. The van der Waals surface area contributed by atoms with Crippen molar-refractivity contribution in [2.75, 3.05) is 25.0 Å². The molecule has 1 aliphatic carbocycles. The van der Waals surface area contributed by atoms with E-state index >= 15 is 0 Å². The number of hydrogen-bond donors (Lipinski definition) is 1. The molecular formula is C24H28N2O5S. The SMILES string of the molecule is Cc1ccc(NC(=O)COC(=O)C2(c3ccccc3)CC2)cc1S(=O)(=O)N1CCCCC1. The Kier molecular flexibility index (Phi) is 6.35. The number of nitrogens with one attached hydrogen (secondary N) is 1. The van der Waals surface area contributed by atoms with Crippen LogP contribution in [0.4, 0.5) is 5.69 Å². The number of carbonyl (C=O) groups is 2. The lowest BCUT2D eigenvalue weighted by atomic mass is 9.96. The number of aryl methyl sites for hydroxylation is 1. The van der Waals surface area contributed by atoms with Crippen molar-refractivity contribution in [3.63, 3.8) is 0 Å². The fourth-order valence-corrected chi connectivity index (χ4v) is 5.93. The van der Waals surface area contributed by atoms with Crippen molar-refractivity contribution in [2.45, 2.75) is 49.3 Å². The second-order valence-corrected chi connectivity index (χ2v) is 10.4. The summed E-state index contributed by atoms with van der Waals surface area (Å²) in [6, 6.07) is 14.2. The third-order valence-electron chi connectivity index (χ3n) is 6.21. The Hall–Kier alpha value is -2.71. The molecule has 2 aromatic rings. The van der Waals surface area contributed by atoms with Crippen LogP contribution in [-0.2, 0) is 29.8 Å². The molecule has 0 bridgehead atoms. The van der Waals surface area contributed by atoms with E-state index in [4.69, 9.17) is 4.74 Å². The van der Waals surface area contributed by atoms with Gasteiger partial charge < -0.3 is 10.1 Å². The van der Waals surface area contributed by atoms with Crippen LogP contribution in [-0.4, -0.2) is 44.3 Å². The number of sulfonamides is 1. The first-order valence-electron chi connectivity index (χ1n) is 11.0. The second kappa shape index (κ2) is 9.03. The Morgan fingerprint density at radius 2 is 1.72 bits per heavy atom. The van der Waals surface area contributed by atoms with Gasteiger partial charge in [0.05, 0.1) is 10.3 Å². The Balaban J connectivity index is 1.40. The lowest BCUT2D eigenvalue weighted by Crippen LogP contribution is -2.36. The van der Waals surface area contributed by atoms with Gasteiger partial charge in [-0.3, -0.25) is 9.59 Å². The molecule has 2 aromatic carbocycles. The number of benzene rings is 2. The number of carbonyl (C=O) groups excluding carboxylic acids is 2. The van der Waals surface area contributed by atoms with E-state index in [9.17, 15) is 18.0 Å². The van der Waals surface area contributed by atoms with Crippen LogP contribution in [0.25, 0.3) is 0 Å². The summed E-state index contributed by atoms with van der Waals surface area (Å²) >= 11 is 0. The summed E-state index contributed by atoms with van der Waals surface area (Å²) in [5, 5.41) is 2.65. The molecule has 0 unspecified atom stereocenters. The monoisotopic (exact) mass is 456 g/mol. The molecule has 32 heavy (non-hydrogen) atoms. The van der Waals surface area contributed by atoms with Gasteiger partial charge >= 0.3 is 5.97 Å². The predicted molar refractivity (Wildman–Crippen MR) is 121 cm³/mol. The van der Waals surface area contributed by atoms with Gasteiger partial charge in [0.1, 0.15) is 0 Å². The first-order valence-corrected chi connectivity index (χ1v) is 12.4. The molecule has 0 atom stereocenters. The maximum absolute atomic E-state index is 13.1. The summed E-state index contributed by atoms with van der Waals surface area (Å²) in [7, 11) is -3.62. The molecule has 0 spiro atoms. The fraction of sp³-hybridized carbons (Fsp3) is 0.417. The van der Waals surface area contributed by atoms with Crippen molar-refractivity contribution in [1.29, 1.82) is 0 Å². The van der Waals surface area contributed by atoms with Crippen molar-refractivity contribution in [1.82, 2.24) is 4.31 Å². The van der Waals surface area contributed by atoms with Crippen LogP contribution in [0.3, 0.4) is 0 Å². The van der Waals surface area contributed by atoms with Gasteiger partial charge in [0, 0.05) is 18.8 Å². The van der Waals surface area contributed by atoms with Gasteiger partial charge in [0.25, 0.3) is 5.91 Å². The quantitative estimate of drug-likeness (QED) is 0.645. The summed E-state index contributed by atoms with van der Waals surface area (Å²) in [4.78, 5) is 25.2. The van der Waals surface area contributed by atoms with Gasteiger partial charge in [-0.1, -0.05) is 42.8 Å². The number of piperidine rings is 1. The van der Waals surface area contributed by atoms with Crippen LogP contribution in [0.2, 0.25) is 0 Å². The minimum Gasteiger partial charge on any atom is -0.455 e.